The monoisotopic (exact) mass is 516 g/mol. The van der Waals surface area contributed by atoms with Gasteiger partial charge in [-0.2, -0.15) is 0 Å². The second kappa shape index (κ2) is 14.1. The fourth-order valence-corrected chi connectivity index (χ4v) is 3.77. The van der Waals surface area contributed by atoms with Crippen molar-refractivity contribution in [3.63, 3.8) is 0 Å². The Labute approximate surface area is 202 Å². The Morgan fingerprint density at radius 1 is 1.00 bits per heavy atom. The molecule has 1 atom stereocenters. The van der Waals surface area contributed by atoms with Gasteiger partial charge in [0.25, 0.3) is 0 Å². The van der Waals surface area contributed by atoms with Gasteiger partial charge in [0.15, 0.2) is 11.5 Å². The summed E-state index contributed by atoms with van der Waals surface area (Å²) in [6, 6.07) is 9.25. The largest absolute Gasteiger partial charge is 0.495 e. The molecule has 35 heavy (non-hydrogen) atoms. The van der Waals surface area contributed by atoms with E-state index in [4.69, 9.17) is 34.0 Å². The molecule has 0 spiro atoms. The third-order valence-corrected chi connectivity index (χ3v) is 5.92. The summed E-state index contributed by atoms with van der Waals surface area (Å²) in [5, 5.41) is 18.1. The Balaban J connectivity index is 0.000000905. The van der Waals surface area contributed by atoms with E-state index < -0.39 is 27.8 Å². The standard InChI is InChI=1S/C20H27FN2O5S.C2H2O4/c1-14(23-9-10-28-19-13-16(21)6-8-17(19)26-3)11-15-5-7-18(27-4)20(12-15)29(24,25)22-2;3-1(4)2(5)6/h5-8,12-14,22-23H,9-11H2,1-4H3;(H,3,4)(H,5,6). The van der Waals surface area contributed by atoms with Gasteiger partial charge in [0.2, 0.25) is 10.0 Å². The van der Waals surface area contributed by atoms with E-state index in [9.17, 15) is 12.8 Å². The van der Waals surface area contributed by atoms with Gasteiger partial charge in [-0.1, -0.05) is 6.07 Å². The van der Waals surface area contributed by atoms with Crippen LogP contribution in [0.4, 0.5) is 4.39 Å². The maximum Gasteiger partial charge on any atom is 0.414 e. The molecule has 2 rings (SSSR count). The lowest BCUT2D eigenvalue weighted by Gasteiger charge is -2.16. The molecule has 4 N–H and O–H groups in total. The quantitative estimate of drug-likeness (QED) is 0.255. The highest BCUT2D eigenvalue weighted by Gasteiger charge is 2.18. The molecule has 0 radical (unpaired) electrons. The molecular weight excluding hydrogens is 487 g/mol. The Hall–Kier alpha value is -3.42. The van der Waals surface area contributed by atoms with Crippen molar-refractivity contribution in [3.05, 3.63) is 47.8 Å². The van der Waals surface area contributed by atoms with E-state index >= 15 is 0 Å². The zero-order valence-corrected chi connectivity index (χ0v) is 20.5. The van der Waals surface area contributed by atoms with Crippen molar-refractivity contribution in [2.45, 2.75) is 24.3 Å². The number of aliphatic carboxylic acids is 2. The number of hydrogen-bond donors (Lipinski definition) is 4. The minimum atomic E-state index is -3.62. The maximum atomic E-state index is 13.4. The van der Waals surface area contributed by atoms with Crippen LogP contribution in [0.3, 0.4) is 0 Å². The van der Waals surface area contributed by atoms with E-state index in [1.807, 2.05) is 13.0 Å². The van der Waals surface area contributed by atoms with Crippen LogP contribution in [0.2, 0.25) is 0 Å². The lowest BCUT2D eigenvalue weighted by Crippen LogP contribution is -2.32. The normalized spacial score (nSPS) is 11.6. The van der Waals surface area contributed by atoms with E-state index in [1.165, 1.54) is 39.5 Å². The van der Waals surface area contributed by atoms with Gasteiger partial charge in [-0.25, -0.2) is 27.1 Å². The Kier molecular flexibility index (Phi) is 11.9. The van der Waals surface area contributed by atoms with Crippen LogP contribution in [0.15, 0.2) is 41.3 Å². The predicted octanol–water partition coefficient (Wildman–Crippen LogP) is 1.51. The Morgan fingerprint density at radius 2 is 1.60 bits per heavy atom. The minimum absolute atomic E-state index is 0.0616. The molecule has 0 aliphatic carbocycles. The number of rotatable bonds is 11. The number of sulfonamides is 1. The summed E-state index contributed by atoms with van der Waals surface area (Å²) in [5.41, 5.74) is 0.854. The van der Waals surface area contributed by atoms with E-state index in [2.05, 4.69) is 10.0 Å². The fraction of sp³-hybridized carbons (Fsp3) is 0.364. The second-order valence-electron chi connectivity index (χ2n) is 7.01. The highest BCUT2D eigenvalue weighted by Crippen LogP contribution is 2.27. The van der Waals surface area contributed by atoms with Crippen molar-refractivity contribution in [1.82, 2.24) is 10.0 Å². The lowest BCUT2D eigenvalue weighted by atomic mass is 10.1. The molecule has 2 aromatic rings. The minimum Gasteiger partial charge on any atom is -0.495 e. The molecule has 0 aliphatic rings. The molecule has 194 valence electrons. The summed E-state index contributed by atoms with van der Waals surface area (Å²) in [6.07, 6.45) is 0.611. The second-order valence-corrected chi connectivity index (χ2v) is 8.86. The molecule has 0 heterocycles. The van der Waals surface area contributed by atoms with Gasteiger partial charge in [0.1, 0.15) is 23.1 Å². The Morgan fingerprint density at radius 3 is 2.14 bits per heavy atom. The first kappa shape index (κ1) is 29.6. The van der Waals surface area contributed by atoms with Crippen LogP contribution in [0.5, 0.6) is 17.2 Å². The van der Waals surface area contributed by atoms with Gasteiger partial charge >= 0.3 is 11.9 Å². The summed E-state index contributed by atoms with van der Waals surface area (Å²) in [4.78, 5) is 18.3. The summed E-state index contributed by atoms with van der Waals surface area (Å²) in [5.74, 6) is -2.94. The number of benzene rings is 2. The van der Waals surface area contributed by atoms with Crippen LogP contribution in [0.1, 0.15) is 12.5 Å². The smallest absolute Gasteiger partial charge is 0.414 e. The van der Waals surface area contributed by atoms with Crippen LogP contribution in [0, 0.1) is 5.82 Å². The molecule has 0 bridgehead atoms. The average molecular weight is 517 g/mol. The number of carboxylic acid groups (broad SMARTS) is 2. The molecule has 2 aromatic carbocycles. The van der Waals surface area contributed by atoms with E-state index in [0.717, 1.165) is 5.56 Å². The molecule has 0 amide bonds. The molecule has 0 aromatic heterocycles. The van der Waals surface area contributed by atoms with E-state index in [0.29, 0.717) is 36.8 Å². The first-order valence-electron chi connectivity index (χ1n) is 10.2. The fourth-order valence-electron chi connectivity index (χ4n) is 2.82. The van der Waals surface area contributed by atoms with Crippen molar-refractivity contribution in [2.75, 3.05) is 34.4 Å². The summed E-state index contributed by atoms with van der Waals surface area (Å²) >= 11 is 0. The van der Waals surface area contributed by atoms with Gasteiger partial charge in [0, 0.05) is 18.7 Å². The van der Waals surface area contributed by atoms with Crippen LogP contribution in [-0.4, -0.2) is 71.0 Å². The van der Waals surface area contributed by atoms with Crippen LogP contribution in [0.25, 0.3) is 0 Å². The molecule has 0 saturated carbocycles. The molecule has 0 aliphatic heterocycles. The third-order valence-electron chi connectivity index (χ3n) is 4.49. The van der Waals surface area contributed by atoms with Crippen LogP contribution in [-0.2, 0) is 26.0 Å². The van der Waals surface area contributed by atoms with Gasteiger partial charge in [-0.05, 0) is 50.2 Å². The molecule has 13 heteroatoms. The summed E-state index contributed by atoms with van der Waals surface area (Å²) in [7, 11) is 0.671. The average Bonchev–Trinajstić information content (AvgIpc) is 2.82. The van der Waals surface area contributed by atoms with Crippen LogP contribution >= 0.6 is 0 Å². The molecule has 11 nitrogen and oxygen atoms in total. The number of hydrogen-bond acceptors (Lipinski definition) is 8. The Bertz CT molecular complexity index is 1100. The van der Waals surface area contributed by atoms with E-state index in [-0.39, 0.29) is 10.9 Å². The topological polar surface area (TPSA) is 160 Å². The molecule has 0 fully saturated rings. The zero-order chi connectivity index (χ0) is 26.6. The lowest BCUT2D eigenvalue weighted by molar-refractivity contribution is -0.159. The van der Waals surface area contributed by atoms with Crippen LogP contribution < -0.4 is 24.2 Å². The highest BCUT2D eigenvalue weighted by molar-refractivity contribution is 7.89. The van der Waals surface area contributed by atoms with E-state index in [1.54, 1.807) is 12.1 Å². The van der Waals surface area contributed by atoms with Gasteiger partial charge in [-0.15, -0.1) is 0 Å². The first-order valence-corrected chi connectivity index (χ1v) is 11.7. The number of nitrogens with one attached hydrogen (secondary N) is 2. The number of carbonyl (C=O) groups is 2. The SMILES string of the molecule is CNS(=O)(=O)c1cc(CC(C)NCCOc2cc(F)ccc2OC)ccc1OC.O=C(O)C(=O)O. The predicted molar refractivity (Wildman–Crippen MR) is 124 cm³/mol. The summed E-state index contributed by atoms with van der Waals surface area (Å²) in [6.45, 7) is 2.84. The van der Waals surface area contributed by atoms with Crippen molar-refractivity contribution < 1.29 is 46.8 Å². The summed E-state index contributed by atoms with van der Waals surface area (Å²) < 4.78 is 55.9. The van der Waals surface area contributed by atoms with Gasteiger partial charge in [-0.3, -0.25) is 0 Å². The number of methoxy groups -OCH3 is 2. The zero-order valence-electron chi connectivity index (χ0n) is 19.7. The molecular formula is C22H29FN2O9S. The third kappa shape index (κ3) is 9.76. The number of ether oxygens (including phenoxy) is 3. The number of carboxylic acids is 2. The van der Waals surface area contributed by atoms with Gasteiger partial charge in [0.05, 0.1) is 14.2 Å². The van der Waals surface area contributed by atoms with Crippen molar-refractivity contribution in [1.29, 1.82) is 0 Å². The molecule has 1 unspecified atom stereocenters. The van der Waals surface area contributed by atoms with Gasteiger partial charge < -0.3 is 29.7 Å². The van der Waals surface area contributed by atoms with Crippen molar-refractivity contribution >= 4 is 22.0 Å². The maximum absolute atomic E-state index is 13.4. The number of halogens is 1. The molecule has 0 saturated heterocycles. The van der Waals surface area contributed by atoms with Crippen molar-refractivity contribution in [2.24, 2.45) is 0 Å². The highest BCUT2D eigenvalue weighted by atomic mass is 32.2. The first-order chi connectivity index (χ1) is 16.4. The van der Waals surface area contributed by atoms with Crippen molar-refractivity contribution in [3.8, 4) is 17.2 Å².